The number of aliphatic hydroxyl groups excluding tert-OH is 1. The number of nitrogens with zero attached hydrogens (tertiary/aromatic N) is 1. The Balaban J connectivity index is 2.68. The normalized spacial score (nSPS) is 12.5. The maximum atomic E-state index is 9.21. The van der Waals surface area contributed by atoms with Crippen molar-refractivity contribution in [3.8, 4) is 0 Å². The average molecular weight is 208 g/mol. The van der Waals surface area contributed by atoms with E-state index in [-0.39, 0.29) is 6.10 Å². The Morgan fingerprint density at radius 2 is 2.07 bits per heavy atom. The minimum absolute atomic E-state index is 0.255. The third kappa shape index (κ3) is 3.80. The Kier molecular flexibility index (Phi) is 3.97. The number of aryl methyl sites for hydroxylation is 1. The van der Waals surface area contributed by atoms with Crippen LogP contribution < -0.4 is 10.6 Å². The molecule has 84 valence electrons. The highest BCUT2D eigenvalue weighted by atomic mass is 16.3. The van der Waals surface area contributed by atoms with Crippen molar-refractivity contribution in [2.75, 3.05) is 24.2 Å². The predicted molar refractivity (Wildman–Crippen MR) is 65.2 cm³/mol. The highest BCUT2D eigenvalue weighted by Crippen LogP contribution is 2.19. The zero-order chi connectivity index (χ0) is 11.4. The van der Waals surface area contributed by atoms with Crippen LogP contribution in [0.3, 0.4) is 0 Å². The number of hydrogen-bond acceptors (Lipinski definition) is 3. The first-order valence-corrected chi connectivity index (χ1v) is 5.25. The van der Waals surface area contributed by atoms with Gasteiger partial charge in [0, 0.05) is 25.0 Å². The van der Waals surface area contributed by atoms with Gasteiger partial charge in [-0.15, -0.1) is 0 Å². The molecule has 1 aromatic rings. The van der Waals surface area contributed by atoms with E-state index in [1.54, 1.807) is 6.92 Å². The molecular formula is C12H20N2O. The van der Waals surface area contributed by atoms with Crippen molar-refractivity contribution in [3.63, 3.8) is 0 Å². The molecule has 0 fully saturated rings. The smallest absolute Gasteiger partial charge is 0.0528 e. The monoisotopic (exact) mass is 208 g/mol. The summed E-state index contributed by atoms with van der Waals surface area (Å²) in [5, 5.41) is 9.21. The molecule has 3 heteroatoms. The number of nitrogens with two attached hydrogens (primary N) is 1. The van der Waals surface area contributed by atoms with Crippen molar-refractivity contribution >= 4 is 11.4 Å². The van der Waals surface area contributed by atoms with E-state index in [4.69, 9.17) is 5.73 Å². The largest absolute Gasteiger partial charge is 0.399 e. The Hall–Kier alpha value is -1.22. The zero-order valence-electron chi connectivity index (χ0n) is 9.70. The number of hydrogen-bond donors (Lipinski definition) is 2. The lowest BCUT2D eigenvalue weighted by Gasteiger charge is -2.21. The summed E-state index contributed by atoms with van der Waals surface area (Å²) in [5.41, 5.74) is 8.83. The molecule has 0 spiro atoms. The Bertz CT molecular complexity index is 303. The molecule has 0 bridgehead atoms. The standard InChI is InChI=1S/C12H20N2O/c1-9-6-11(13)8-12(7-9)14(3)5-4-10(2)15/h6-8,10,15H,4-5,13H2,1-3H3. The van der Waals surface area contributed by atoms with Crippen LogP contribution in [-0.2, 0) is 0 Å². The van der Waals surface area contributed by atoms with Crippen LogP contribution in [0.25, 0.3) is 0 Å². The summed E-state index contributed by atoms with van der Waals surface area (Å²) in [5.74, 6) is 0. The lowest BCUT2D eigenvalue weighted by Crippen LogP contribution is -2.21. The molecule has 3 N–H and O–H groups in total. The van der Waals surface area contributed by atoms with Crippen molar-refractivity contribution in [2.45, 2.75) is 26.4 Å². The summed E-state index contributed by atoms with van der Waals surface area (Å²) in [6.07, 6.45) is 0.513. The van der Waals surface area contributed by atoms with Gasteiger partial charge in [0.15, 0.2) is 0 Å². The number of nitrogen functional groups attached to an aromatic ring is 1. The summed E-state index contributed by atoms with van der Waals surface area (Å²) < 4.78 is 0. The first-order chi connectivity index (χ1) is 6.99. The van der Waals surface area contributed by atoms with Crippen LogP contribution >= 0.6 is 0 Å². The van der Waals surface area contributed by atoms with Crippen molar-refractivity contribution in [1.29, 1.82) is 0 Å². The van der Waals surface area contributed by atoms with E-state index in [1.807, 2.05) is 26.1 Å². The molecule has 0 aliphatic rings. The summed E-state index contributed by atoms with van der Waals surface area (Å²) in [4.78, 5) is 2.11. The Morgan fingerprint density at radius 3 is 2.60 bits per heavy atom. The summed E-state index contributed by atoms with van der Waals surface area (Å²) in [7, 11) is 2.01. The van der Waals surface area contributed by atoms with E-state index in [0.717, 1.165) is 29.9 Å². The van der Waals surface area contributed by atoms with Gasteiger partial charge in [-0.05, 0) is 44.0 Å². The fraction of sp³-hybridized carbons (Fsp3) is 0.500. The second-order valence-electron chi connectivity index (χ2n) is 4.16. The van der Waals surface area contributed by atoms with Gasteiger partial charge in [0.25, 0.3) is 0 Å². The minimum Gasteiger partial charge on any atom is -0.399 e. The molecule has 0 radical (unpaired) electrons. The highest BCUT2D eigenvalue weighted by molar-refractivity contribution is 5.57. The molecule has 0 saturated carbocycles. The Morgan fingerprint density at radius 1 is 1.40 bits per heavy atom. The second kappa shape index (κ2) is 5.03. The van der Waals surface area contributed by atoms with Crippen molar-refractivity contribution in [2.24, 2.45) is 0 Å². The van der Waals surface area contributed by atoms with Gasteiger partial charge in [-0.25, -0.2) is 0 Å². The van der Waals surface area contributed by atoms with Crippen molar-refractivity contribution in [1.82, 2.24) is 0 Å². The lowest BCUT2D eigenvalue weighted by atomic mass is 10.1. The fourth-order valence-electron chi connectivity index (χ4n) is 1.52. The van der Waals surface area contributed by atoms with Gasteiger partial charge in [-0.1, -0.05) is 0 Å². The van der Waals surface area contributed by atoms with Crippen LogP contribution in [0.5, 0.6) is 0 Å². The fourth-order valence-corrected chi connectivity index (χ4v) is 1.52. The lowest BCUT2D eigenvalue weighted by molar-refractivity contribution is 0.187. The highest BCUT2D eigenvalue weighted by Gasteiger charge is 2.04. The molecule has 0 saturated heterocycles. The number of benzene rings is 1. The molecule has 1 rings (SSSR count). The number of aliphatic hydroxyl groups is 1. The minimum atomic E-state index is -0.255. The van der Waals surface area contributed by atoms with Crippen LogP contribution in [0.15, 0.2) is 18.2 Å². The molecular weight excluding hydrogens is 188 g/mol. The van der Waals surface area contributed by atoms with Gasteiger partial charge in [0.1, 0.15) is 0 Å². The average Bonchev–Trinajstić information content (AvgIpc) is 2.12. The summed E-state index contributed by atoms with van der Waals surface area (Å²) in [6.45, 7) is 4.67. The maximum absolute atomic E-state index is 9.21. The first kappa shape index (κ1) is 11.9. The quantitative estimate of drug-likeness (QED) is 0.742. The molecule has 1 unspecified atom stereocenters. The molecule has 3 nitrogen and oxygen atoms in total. The molecule has 0 aliphatic heterocycles. The molecule has 0 heterocycles. The van der Waals surface area contributed by atoms with Crippen LogP contribution in [-0.4, -0.2) is 24.8 Å². The molecule has 0 aromatic heterocycles. The van der Waals surface area contributed by atoms with Gasteiger partial charge < -0.3 is 15.7 Å². The molecule has 0 aliphatic carbocycles. The van der Waals surface area contributed by atoms with Gasteiger partial charge in [-0.3, -0.25) is 0 Å². The van der Waals surface area contributed by atoms with E-state index < -0.39 is 0 Å². The van der Waals surface area contributed by atoms with Crippen LogP contribution in [0, 0.1) is 6.92 Å². The first-order valence-electron chi connectivity index (χ1n) is 5.25. The number of anilines is 2. The SMILES string of the molecule is Cc1cc(N)cc(N(C)CCC(C)O)c1. The van der Waals surface area contributed by atoms with Gasteiger partial charge in [0.2, 0.25) is 0 Å². The summed E-state index contributed by atoms with van der Waals surface area (Å²) >= 11 is 0. The predicted octanol–water partition coefficient (Wildman–Crippen LogP) is 1.78. The molecule has 1 aromatic carbocycles. The third-order valence-electron chi connectivity index (χ3n) is 2.41. The van der Waals surface area contributed by atoms with E-state index in [1.165, 1.54) is 0 Å². The van der Waals surface area contributed by atoms with Gasteiger partial charge in [0.05, 0.1) is 6.10 Å². The van der Waals surface area contributed by atoms with E-state index in [9.17, 15) is 5.11 Å². The van der Waals surface area contributed by atoms with E-state index in [2.05, 4.69) is 11.0 Å². The van der Waals surface area contributed by atoms with Crippen LogP contribution in [0.2, 0.25) is 0 Å². The van der Waals surface area contributed by atoms with Crippen molar-refractivity contribution < 1.29 is 5.11 Å². The molecule has 15 heavy (non-hydrogen) atoms. The summed E-state index contributed by atoms with van der Waals surface area (Å²) in [6, 6.07) is 6.00. The van der Waals surface area contributed by atoms with Gasteiger partial charge >= 0.3 is 0 Å². The van der Waals surface area contributed by atoms with Crippen LogP contribution in [0.1, 0.15) is 18.9 Å². The third-order valence-corrected chi connectivity index (χ3v) is 2.41. The Labute approximate surface area is 91.5 Å². The number of rotatable bonds is 4. The maximum Gasteiger partial charge on any atom is 0.0528 e. The molecule has 0 amide bonds. The van der Waals surface area contributed by atoms with E-state index >= 15 is 0 Å². The van der Waals surface area contributed by atoms with Crippen molar-refractivity contribution in [3.05, 3.63) is 23.8 Å². The van der Waals surface area contributed by atoms with E-state index in [0.29, 0.717) is 0 Å². The second-order valence-corrected chi connectivity index (χ2v) is 4.16. The van der Waals surface area contributed by atoms with Crippen LogP contribution in [0.4, 0.5) is 11.4 Å². The van der Waals surface area contributed by atoms with Gasteiger partial charge in [-0.2, -0.15) is 0 Å². The topological polar surface area (TPSA) is 49.5 Å². The zero-order valence-corrected chi connectivity index (χ0v) is 9.70. The molecule has 1 atom stereocenters.